The molecule has 0 atom stereocenters. The van der Waals surface area contributed by atoms with Crippen LogP contribution in [0.4, 0.5) is 5.69 Å². The Balaban J connectivity index is 2.19. The number of carboxylic acids is 1. The third-order valence-corrected chi connectivity index (χ3v) is 4.34. The first-order valence-electron chi connectivity index (χ1n) is 7.89. The van der Waals surface area contributed by atoms with Crippen molar-refractivity contribution in [3.05, 3.63) is 68.2 Å². The minimum absolute atomic E-state index is 0.00518. The van der Waals surface area contributed by atoms with E-state index in [9.17, 15) is 14.9 Å². The van der Waals surface area contributed by atoms with Gasteiger partial charge < -0.3 is 9.84 Å². The van der Waals surface area contributed by atoms with Crippen molar-refractivity contribution in [2.75, 3.05) is 13.7 Å². The summed E-state index contributed by atoms with van der Waals surface area (Å²) >= 11 is 3.38. The van der Waals surface area contributed by atoms with Crippen LogP contribution in [0.1, 0.15) is 17.5 Å². The smallest absolute Gasteiger partial charge is 0.311 e. The maximum atomic E-state index is 11.2. The number of nitro benzene ring substituents is 1. The maximum absolute atomic E-state index is 11.2. The fourth-order valence-corrected chi connectivity index (χ4v) is 2.81. The molecule has 7 nitrogen and oxygen atoms in total. The van der Waals surface area contributed by atoms with Crippen LogP contribution in [0.3, 0.4) is 0 Å². The van der Waals surface area contributed by atoms with Crippen molar-refractivity contribution in [1.82, 2.24) is 4.90 Å². The Morgan fingerprint density at radius 2 is 1.81 bits per heavy atom. The van der Waals surface area contributed by atoms with Gasteiger partial charge in [0.2, 0.25) is 0 Å². The molecule has 0 fully saturated rings. The van der Waals surface area contributed by atoms with Gasteiger partial charge in [-0.25, -0.2) is 0 Å². The van der Waals surface area contributed by atoms with Gasteiger partial charge in [-0.2, -0.15) is 0 Å². The van der Waals surface area contributed by atoms with E-state index in [0.717, 1.165) is 15.6 Å². The third-order valence-electron chi connectivity index (χ3n) is 3.81. The molecule has 0 aliphatic rings. The number of hydrogen-bond acceptors (Lipinski definition) is 5. The molecule has 0 aliphatic carbocycles. The highest BCUT2D eigenvalue weighted by atomic mass is 79.9. The van der Waals surface area contributed by atoms with Crippen molar-refractivity contribution in [1.29, 1.82) is 0 Å². The second kappa shape index (κ2) is 9.30. The van der Waals surface area contributed by atoms with Gasteiger partial charge >= 0.3 is 11.7 Å². The zero-order valence-corrected chi connectivity index (χ0v) is 15.8. The number of nitro groups is 1. The standard InChI is InChI=1S/C18H19BrN2O5/c1-26-17-7-4-14(10-16(17)21(24)25)12-20(9-8-18(22)23)11-13-2-5-15(19)6-3-13/h2-7,10H,8-9,11-12H2,1H3,(H,22,23). The summed E-state index contributed by atoms with van der Waals surface area (Å²) in [6, 6.07) is 12.5. The van der Waals surface area contributed by atoms with E-state index in [1.165, 1.54) is 13.2 Å². The second-order valence-electron chi connectivity index (χ2n) is 5.74. The fraction of sp³-hybridized carbons (Fsp3) is 0.278. The number of benzene rings is 2. The predicted molar refractivity (Wildman–Crippen MR) is 100 cm³/mol. The van der Waals surface area contributed by atoms with E-state index < -0.39 is 10.9 Å². The van der Waals surface area contributed by atoms with Crippen LogP contribution in [-0.2, 0) is 17.9 Å². The first kappa shape index (κ1) is 19.9. The Hall–Kier alpha value is -2.45. The minimum atomic E-state index is -0.883. The van der Waals surface area contributed by atoms with Crippen LogP contribution in [-0.4, -0.2) is 34.6 Å². The molecule has 2 aromatic carbocycles. The molecule has 0 unspecified atom stereocenters. The summed E-state index contributed by atoms with van der Waals surface area (Å²) in [5.74, 6) is -0.685. The first-order chi connectivity index (χ1) is 12.4. The molecule has 0 aromatic heterocycles. The number of methoxy groups -OCH3 is 1. The molecule has 2 rings (SSSR count). The lowest BCUT2D eigenvalue weighted by molar-refractivity contribution is -0.385. The Kier molecular flexibility index (Phi) is 7.11. The molecule has 2 aromatic rings. The number of carboxylic acid groups (broad SMARTS) is 1. The van der Waals surface area contributed by atoms with Crippen LogP contribution >= 0.6 is 15.9 Å². The van der Waals surface area contributed by atoms with E-state index in [1.54, 1.807) is 12.1 Å². The largest absolute Gasteiger partial charge is 0.490 e. The van der Waals surface area contributed by atoms with Crippen molar-refractivity contribution in [3.8, 4) is 5.75 Å². The summed E-state index contributed by atoms with van der Waals surface area (Å²) in [4.78, 5) is 23.6. The molecular formula is C18H19BrN2O5. The predicted octanol–water partition coefficient (Wildman–Crippen LogP) is 3.84. The van der Waals surface area contributed by atoms with Gasteiger partial charge in [-0.15, -0.1) is 0 Å². The average Bonchev–Trinajstić information content (AvgIpc) is 2.61. The van der Waals surface area contributed by atoms with E-state index in [1.807, 2.05) is 29.2 Å². The Labute approximate surface area is 159 Å². The quantitative estimate of drug-likeness (QED) is 0.487. The lowest BCUT2D eigenvalue weighted by Gasteiger charge is -2.22. The van der Waals surface area contributed by atoms with Crippen LogP contribution in [0.5, 0.6) is 5.75 Å². The van der Waals surface area contributed by atoms with Crippen molar-refractivity contribution < 1.29 is 19.6 Å². The van der Waals surface area contributed by atoms with Crippen molar-refractivity contribution in [3.63, 3.8) is 0 Å². The van der Waals surface area contributed by atoms with Gasteiger partial charge in [0.1, 0.15) is 0 Å². The number of ether oxygens (including phenoxy) is 1. The Bertz CT molecular complexity index is 780. The lowest BCUT2D eigenvalue weighted by Crippen LogP contribution is -2.25. The topological polar surface area (TPSA) is 92.9 Å². The molecule has 0 saturated heterocycles. The molecule has 26 heavy (non-hydrogen) atoms. The van der Waals surface area contributed by atoms with Crippen molar-refractivity contribution in [2.45, 2.75) is 19.5 Å². The highest BCUT2D eigenvalue weighted by Crippen LogP contribution is 2.28. The molecule has 0 spiro atoms. The summed E-state index contributed by atoms with van der Waals surface area (Å²) in [6.07, 6.45) is -0.00518. The zero-order chi connectivity index (χ0) is 19.1. The molecule has 0 bridgehead atoms. The second-order valence-corrected chi connectivity index (χ2v) is 6.66. The average molecular weight is 423 g/mol. The molecule has 0 aliphatic heterocycles. The lowest BCUT2D eigenvalue weighted by atomic mass is 10.1. The number of rotatable bonds is 9. The van der Waals surface area contributed by atoms with E-state index >= 15 is 0 Å². The van der Waals surface area contributed by atoms with Crippen molar-refractivity contribution >= 4 is 27.6 Å². The molecule has 138 valence electrons. The number of aliphatic carboxylic acids is 1. The Morgan fingerprint density at radius 1 is 1.19 bits per heavy atom. The number of halogens is 1. The minimum Gasteiger partial charge on any atom is -0.490 e. The molecule has 0 heterocycles. The first-order valence-corrected chi connectivity index (χ1v) is 8.68. The van der Waals surface area contributed by atoms with Gasteiger partial charge in [-0.3, -0.25) is 19.8 Å². The summed E-state index contributed by atoms with van der Waals surface area (Å²) in [7, 11) is 1.38. The van der Waals surface area contributed by atoms with Crippen LogP contribution in [0, 0.1) is 10.1 Å². The number of carbonyl (C=O) groups is 1. The van der Waals surface area contributed by atoms with E-state index in [2.05, 4.69) is 15.9 Å². The molecular weight excluding hydrogens is 404 g/mol. The van der Waals surface area contributed by atoms with Crippen LogP contribution in [0.25, 0.3) is 0 Å². The Morgan fingerprint density at radius 3 is 2.38 bits per heavy atom. The highest BCUT2D eigenvalue weighted by molar-refractivity contribution is 9.10. The van der Waals surface area contributed by atoms with Gasteiger partial charge in [0.15, 0.2) is 5.75 Å². The van der Waals surface area contributed by atoms with E-state index in [4.69, 9.17) is 9.84 Å². The summed E-state index contributed by atoms with van der Waals surface area (Å²) in [6.45, 7) is 1.28. The third kappa shape index (κ3) is 5.82. The van der Waals surface area contributed by atoms with Gasteiger partial charge in [-0.05, 0) is 29.3 Å². The van der Waals surface area contributed by atoms with Gasteiger partial charge in [0.25, 0.3) is 0 Å². The fourth-order valence-electron chi connectivity index (χ4n) is 2.55. The van der Waals surface area contributed by atoms with Gasteiger partial charge in [0.05, 0.1) is 18.5 Å². The van der Waals surface area contributed by atoms with Crippen molar-refractivity contribution in [2.24, 2.45) is 0 Å². The summed E-state index contributed by atoms with van der Waals surface area (Å²) in [5, 5.41) is 20.2. The van der Waals surface area contributed by atoms with Gasteiger partial charge in [0, 0.05) is 30.2 Å². The normalized spacial score (nSPS) is 10.7. The van der Waals surface area contributed by atoms with Crippen LogP contribution in [0.2, 0.25) is 0 Å². The van der Waals surface area contributed by atoms with E-state index in [-0.39, 0.29) is 17.9 Å². The molecule has 1 N–H and O–H groups in total. The van der Waals surface area contributed by atoms with E-state index in [0.29, 0.717) is 19.6 Å². The summed E-state index contributed by atoms with van der Waals surface area (Å²) in [5.41, 5.74) is 1.65. The monoisotopic (exact) mass is 422 g/mol. The number of nitrogens with zero attached hydrogens (tertiary/aromatic N) is 2. The zero-order valence-electron chi connectivity index (χ0n) is 14.2. The SMILES string of the molecule is COc1ccc(CN(CCC(=O)O)Cc2ccc(Br)cc2)cc1[N+](=O)[O-]. The molecule has 0 amide bonds. The molecule has 0 radical (unpaired) electrons. The number of hydrogen-bond donors (Lipinski definition) is 1. The molecule has 0 saturated carbocycles. The molecule has 8 heteroatoms. The highest BCUT2D eigenvalue weighted by Gasteiger charge is 2.17. The van der Waals surface area contributed by atoms with Gasteiger partial charge in [-0.1, -0.05) is 34.1 Å². The van der Waals surface area contributed by atoms with Crippen LogP contribution in [0.15, 0.2) is 46.9 Å². The van der Waals surface area contributed by atoms with Crippen LogP contribution < -0.4 is 4.74 Å². The maximum Gasteiger partial charge on any atom is 0.311 e. The summed E-state index contributed by atoms with van der Waals surface area (Å²) < 4.78 is 5.98.